The van der Waals surface area contributed by atoms with Crippen LogP contribution in [0.3, 0.4) is 0 Å². The van der Waals surface area contributed by atoms with Crippen molar-refractivity contribution in [2.24, 2.45) is 5.73 Å². The second kappa shape index (κ2) is 6.20. The molecule has 1 aromatic carbocycles. The highest BCUT2D eigenvalue weighted by Crippen LogP contribution is 2.23. The fourth-order valence-electron chi connectivity index (χ4n) is 1.97. The summed E-state index contributed by atoms with van der Waals surface area (Å²) in [5, 5.41) is 0.661. The van der Waals surface area contributed by atoms with E-state index < -0.39 is 0 Å². The van der Waals surface area contributed by atoms with Crippen LogP contribution in [-0.2, 0) is 6.61 Å². The van der Waals surface area contributed by atoms with E-state index in [9.17, 15) is 0 Å². The fourth-order valence-corrected chi connectivity index (χ4v) is 2.41. The lowest BCUT2D eigenvalue weighted by atomic mass is 10.1. The average Bonchev–Trinajstić information content (AvgIpc) is 2.36. The Morgan fingerprint density at radius 3 is 2.70 bits per heavy atom. The van der Waals surface area contributed by atoms with E-state index in [-0.39, 0.29) is 4.99 Å². The number of halogens is 1. The zero-order chi connectivity index (χ0) is 14.7. The van der Waals surface area contributed by atoms with Crippen molar-refractivity contribution < 1.29 is 4.74 Å². The minimum Gasteiger partial charge on any atom is -0.472 e. The van der Waals surface area contributed by atoms with Crippen molar-refractivity contribution in [1.29, 1.82) is 0 Å². The number of hydrogen-bond acceptors (Lipinski definition) is 3. The summed E-state index contributed by atoms with van der Waals surface area (Å²) in [6.07, 6.45) is 0. The number of ether oxygens (including phenoxy) is 1. The van der Waals surface area contributed by atoms with Crippen LogP contribution in [0.4, 0.5) is 0 Å². The molecule has 0 spiro atoms. The maximum Gasteiger partial charge on any atom is 0.224 e. The highest BCUT2D eigenvalue weighted by molar-refractivity contribution is 7.80. The number of benzene rings is 1. The summed E-state index contributed by atoms with van der Waals surface area (Å²) in [6, 6.07) is 9.45. The Balaban J connectivity index is 2.30. The molecule has 0 fully saturated rings. The number of rotatable bonds is 4. The molecular formula is C15H15ClN2OS. The first-order valence-corrected chi connectivity index (χ1v) is 6.92. The standard InChI is InChI=1S/C15H15ClN2OS/c1-9-7-10(2)18-15(13(9)14(17)20)19-8-11-5-3-4-6-12(11)16/h3-7H,8H2,1-2H3,(H2,17,20). The van der Waals surface area contributed by atoms with E-state index in [0.29, 0.717) is 23.1 Å². The molecule has 0 bridgehead atoms. The second-order valence-corrected chi connectivity index (χ2v) is 5.35. The number of aromatic nitrogens is 1. The number of pyridine rings is 1. The third-order valence-corrected chi connectivity index (χ3v) is 3.45. The Kier molecular flexibility index (Phi) is 4.57. The van der Waals surface area contributed by atoms with Crippen LogP contribution in [0.5, 0.6) is 5.88 Å². The van der Waals surface area contributed by atoms with Crippen LogP contribution in [-0.4, -0.2) is 9.97 Å². The number of thiocarbonyl (C=S) groups is 1. The molecule has 1 aromatic heterocycles. The summed E-state index contributed by atoms with van der Waals surface area (Å²) in [5.74, 6) is 0.454. The van der Waals surface area contributed by atoms with Crippen molar-refractivity contribution in [1.82, 2.24) is 4.98 Å². The van der Waals surface area contributed by atoms with Gasteiger partial charge in [0.1, 0.15) is 11.6 Å². The first-order valence-electron chi connectivity index (χ1n) is 6.13. The van der Waals surface area contributed by atoms with Gasteiger partial charge in [0.15, 0.2) is 0 Å². The molecule has 2 N–H and O–H groups in total. The van der Waals surface area contributed by atoms with Gasteiger partial charge < -0.3 is 10.5 Å². The summed E-state index contributed by atoms with van der Waals surface area (Å²) in [4.78, 5) is 4.65. The second-order valence-electron chi connectivity index (χ2n) is 4.51. The zero-order valence-electron chi connectivity index (χ0n) is 11.3. The highest BCUT2D eigenvalue weighted by atomic mass is 35.5. The predicted octanol–water partition coefficient (Wildman–Crippen LogP) is 3.57. The van der Waals surface area contributed by atoms with E-state index in [4.69, 9.17) is 34.3 Å². The van der Waals surface area contributed by atoms with Gasteiger partial charge in [0.2, 0.25) is 5.88 Å². The summed E-state index contributed by atoms with van der Waals surface area (Å²) in [6.45, 7) is 4.16. The van der Waals surface area contributed by atoms with Crippen molar-refractivity contribution >= 4 is 28.8 Å². The Bertz CT molecular complexity index is 658. The lowest BCUT2D eigenvalue weighted by molar-refractivity contribution is 0.292. The number of nitrogens with zero attached hydrogens (tertiary/aromatic N) is 1. The molecule has 0 saturated heterocycles. The molecule has 0 amide bonds. The first-order chi connectivity index (χ1) is 9.49. The van der Waals surface area contributed by atoms with Crippen LogP contribution in [0.2, 0.25) is 5.02 Å². The Hall–Kier alpha value is -1.65. The van der Waals surface area contributed by atoms with Crippen LogP contribution in [0.25, 0.3) is 0 Å². The van der Waals surface area contributed by atoms with Gasteiger partial charge in [0, 0.05) is 16.3 Å². The maximum atomic E-state index is 6.10. The molecule has 104 valence electrons. The SMILES string of the molecule is Cc1cc(C)c(C(N)=S)c(OCc2ccccc2Cl)n1. The van der Waals surface area contributed by atoms with E-state index in [1.165, 1.54) is 0 Å². The van der Waals surface area contributed by atoms with Crippen LogP contribution >= 0.6 is 23.8 Å². The van der Waals surface area contributed by atoms with Crippen LogP contribution < -0.4 is 10.5 Å². The lowest BCUT2D eigenvalue weighted by Gasteiger charge is -2.13. The molecule has 2 rings (SSSR count). The summed E-state index contributed by atoms with van der Waals surface area (Å²) in [7, 11) is 0. The molecule has 0 aliphatic rings. The molecule has 0 saturated carbocycles. The number of hydrogen-bond donors (Lipinski definition) is 1. The van der Waals surface area contributed by atoms with Gasteiger partial charge in [-0.15, -0.1) is 0 Å². The highest BCUT2D eigenvalue weighted by Gasteiger charge is 2.13. The third kappa shape index (κ3) is 3.26. The van der Waals surface area contributed by atoms with Gasteiger partial charge in [-0.2, -0.15) is 0 Å². The molecule has 0 aliphatic heterocycles. The Morgan fingerprint density at radius 1 is 1.35 bits per heavy atom. The summed E-state index contributed by atoms with van der Waals surface area (Å²) in [5.41, 5.74) is 9.14. The molecule has 3 nitrogen and oxygen atoms in total. The predicted molar refractivity (Wildman–Crippen MR) is 85.4 cm³/mol. The van der Waals surface area contributed by atoms with Crippen LogP contribution in [0, 0.1) is 13.8 Å². The van der Waals surface area contributed by atoms with E-state index in [1.54, 1.807) is 0 Å². The number of nitrogens with two attached hydrogens (primary N) is 1. The van der Waals surface area contributed by atoms with Gasteiger partial charge in [0.25, 0.3) is 0 Å². The zero-order valence-corrected chi connectivity index (χ0v) is 12.9. The minimum absolute atomic E-state index is 0.282. The summed E-state index contributed by atoms with van der Waals surface area (Å²) < 4.78 is 5.76. The topological polar surface area (TPSA) is 48.1 Å². The van der Waals surface area contributed by atoms with Crippen LogP contribution in [0.15, 0.2) is 30.3 Å². The molecule has 0 unspecified atom stereocenters. The third-order valence-electron chi connectivity index (χ3n) is 2.88. The molecule has 1 heterocycles. The first kappa shape index (κ1) is 14.8. The summed E-state index contributed by atoms with van der Waals surface area (Å²) >= 11 is 11.2. The van der Waals surface area contributed by atoms with Crippen molar-refractivity contribution in [2.45, 2.75) is 20.5 Å². The largest absolute Gasteiger partial charge is 0.472 e. The quantitative estimate of drug-likeness (QED) is 0.877. The molecule has 0 aliphatic carbocycles. The molecule has 0 radical (unpaired) electrons. The monoisotopic (exact) mass is 306 g/mol. The van der Waals surface area contributed by atoms with Gasteiger partial charge >= 0.3 is 0 Å². The maximum absolute atomic E-state index is 6.10. The van der Waals surface area contributed by atoms with Crippen molar-refractivity contribution in [3.8, 4) is 5.88 Å². The van der Waals surface area contributed by atoms with E-state index in [2.05, 4.69) is 4.98 Å². The molecule has 0 atom stereocenters. The van der Waals surface area contributed by atoms with Crippen LogP contribution in [0.1, 0.15) is 22.4 Å². The Morgan fingerprint density at radius 2 is 2.05 bits per heavy atom. The van der Waals surface area contributed by atoms with Gasteiger partial charge in [-0.3, -0.25) is 0 Å². The normalized spacial score (nSPS) is 10.3. The smallest absolute Gasteiger partial charge is 0.224 e. The van der Waals surface area contributed by atoms with E-state index >= 15 is 0 Å². The number of aryl methyl sites for hydroxylation is 2. The minimum atomic E-state index is 0.282. The van der Waals surface area contributed by atoms with Crippen molar-refractivity contribution in [2.75, 3.05) is 0 Å². The van der Waals surface area contributed by atoms with E-state index in [1.807, 2.05) is 44.2 Å². The molecule has 2 aromatic rings. The van der Waals surface area contributed by atoms with Gasteiger partial charge in [-0.25, -0.2) is 4.98 Å². The lowest BCUT2D eigenvalue weighted by Crippen LogP contribution is -2.15. The Labute approximate surface area is 128 Å². The van der Waals surface area contributed by atoms with Gasteiger partial charge in [-0.1, -0.05) is 42.0 Å². The van der Waals surface area contributed by atoms with Crippen molar-refractivity contribution in [3.63, 3.8) is 0 Å². The van der Waals surface area contributed by atoms with E-state index in [0.717, 1.165) is 16.8 Å². The average molecular weight is 307 g/mol. The molecule has 5 heteroatoms. The molecular weight excluding hydrogens is 292 g/mol. The fraction of sp³-hybridized carbons (Fsp3) is 0.200. The van der Waals surface area contributed by atoms with Gasteiger partial charge in [-0.05, 0) is 31.5 Å². The molecule has 20 heavy (non-hydrogen) atoms. The van der Waals surface area contributed by atoms with Crippen molar-refractivity contribution in [3.05, 3.63) is 57.7 Å². The van der Waals surface area contributed by atoms with Gasteiger partial charge in [0.05, 0.1) is 5.56 Å².